The highest BCUT2D eigenvalue weighted by Gasteiger charge is 2.18. The Morgan fingerprint density at radius 3 is 2.76 bits per heavy atom. The summed E-state index contributed by atoms with van der Waals surface area (Å²) in [5.41, 5.74) is 1.36. The molecule has 1 heterocycles. The molecule has 0 unspecified atom stereocenters. The van der Waals surface area contributed by atoms with Crippen LogP contribution in [0.25, 0.3) is 6.08 Å². The molecule has 0 bridgehead atoms. The summed E-state index contributed by atoms with van der Waals surface area (Å²) in [4.78, 5) is 28.5. The fourth-order valence-corrected chi connectivity index (χ4v) is 3.40. The topological polar surface area (TPSA) is 77.5 Å². The quantitative estimate of drug-likeness (QED) is 0.561. The Morgan fingerprint density at radius 2 is 2.12 bits per heavy atom. The van der Waals surface area contributed by atoms with E-state index in [2.05, 4.69) is 26.2 Å². The average Bonchev–Trinajstić information content (AvgIpc) is 3.02. The average molecular weight is 425 g/mol. The number of anilines is 1. The Balaban J connectivity index is 2.14. The number of hydrogen-bond donors (Lipinski definition) is 1. The summed E-state index contributed by atoms with van der Waals surface area (Å²) < 4.78 is 10.9. The molecule has 0 aliphatic rings. The minimum Gasteiger partial charge on any atom is -0.496 e. The van der Waals surface area contributed by atoms with Crippen LogP contribution in [0.4, 0.5) is 5.13 Å². The van der Waals surface area contributed by atoms with Crippen LogP contribution in [0.3, 0.4) is 0 Å². The highest BCUT2D eigenvalue weighted by Crippen LogP contribution is 2.26. The first-order valence-electron chi connectivity index (χ1n) is 7.39. The van der Waals surface area contributed by atoms with Crippen LogP contribution in [0.5, 0.6) is 5.75 Å². The number of carbonyl (C=O) groups excluding carboxylic acids is 2. The van der Waals surface area contributed by atoms with E-state index >= 15 is 0 Å². The maximum atomic E-state index is 12.1. The monoisotopic (exact) mass is 424 g/mol. The van der Waals surface area contributed by atoms with Crippen molar-refractivity contribution in [3.8, 4) is 5.75 Å². The van der Waals surface area contributed by atoms with Gasteiger partial charge in [-0.15, -0.1) is 0 Å². The van der Waals surface area contributed by atoms with Crippen molar-refractivity contribution in [3.05, 3.63) is 44.9 Å². The molecule has 1 aromatic carbocycles. The zero-order chi connectivity index (χ0) is 18.4. The number of hydrogen-bond acceptors (Lipinski definition) is 6. The number of halogens is 1. The molecule has 0 saturated heterocycles. The van der Waals surface area contributed by atoms with Crippen molar-refractivity contribution in [3.63, 3.8) is 0 Å². The highest BCUT2D eigenvalue weighted by atomic mass is 79.9. The third kappa shape index (κ3) is 4.90. The number of aryl methyl sites for hydroxylation is 1. The van der Waals surface area contributed by atoms with Crippen molar-refractivity contribution in [2.75, 3.05) is 19.5 Å². The Hall–Kier alpha value is -2.19. The van der Waals surface area contributed by atoms with E-state index in [0.29, 0.717) is 27.9 Å². The van der Waals surface area contributed by atoms with Crippen LogP contribution in [-0.4, -0.2) is 31.1 Å². The molecule has 0 radical (unpaired) electrons. The highest BCUT2D eigenvalue weighted by molar-refractivity contribution is 9.10. The zero-order valence-corrected chi connectivity index (χ0v) is 16.4. The van der Waals surface area contributed by atoms with E-state index in [1.54, 1.807) is 19.3 Å². The largest absolute Gasteiger partial charge is 0.496 e. The molecular weight excluding hydrogens is 408 g/mol. The summed E-state index contributed by atoms with van der Waals surface area (Å²) in [5, 5.41) is 3.01. The van der Waals surface area contributed by atoms with Crippen molar-refractivity contribution in [2.45, 2.75) is 13.3 Å². The molecule has 2 rings (SSSR count). The molecule has 2 aromatic rings. The van der Waals surface area contributed by atoms with Gasteiger partial charge in [0.1, 0.15) is 10.6 Å². The molecule has 0 aliphatic carbocycles. The summed E-state index contributed by atoms with van der Waals surface area (Å²) in [7, 11) is 2.88. The number of esters is 1. The fourth-order valence-electron chi connectivity index (χ4n) is 2.04. The van der Waals surface area contributed by atoms with Crippen molar-refractivity contribution in [2.24, 2.45) is 0 Å². The van der Waals surface area contributed by atoms with Gasteiger partial charge in [0, 0.05) is 16.1 Å². The van der Waals surface area contributed by atoms with Gasteiger partial charge < -0.3 is 9.47 Å². The first-order valence-corrected chi connectivity index (χ1v) is 9.00. The van der Waals surface area contributed by atoms with E-state index in [-0.39, 0.29) is 5.91 Å². The van der Waals surface area contributed by atoms with Crippen molar-refractivity contribution in [1.29, 1.82) is 0 Å². The minimum atomic E-state index is -0.454. The fraction of sp³-hybridized carbons (Fsp3) is 0.235. The smallest absolute Gasteiger partial charge is 0.350 e. The Bertz CT molecular complexity index is 817. The molecule has 132 valence electrons. The van der Waals surface area contributed by atoms with Crippen LogP contribution >= 0.6 is 27.3 Å². The second-order valence-corrected chi connectivity index (χ2v) is 6.76. The Morgan fingerprint density at radius 1 is 1.36 bits per heavy atom. The molecule has 6 nitrogen and oxygen atoms in total. The normalized spacial score (nSPS) is 10.7. The first kappa shape index (κ1) is 19.1. The number of nitrogens with one attached hydrogen (secondary N) is 1. The predicted molar refractivity (Wildman–Crippen MR) is 101 cm³/mol. The van der Waals surface area contributed by atoms with Gasteiger partial charge >= 0.3 is 5.97 Å². The standard InChI is InChI=1S/C17H17BrN2O4S/c1-4-12-15(16(22)24-3)25-17(19-12)20-14(21)8-5-10-9-11(18)6-7-13(10)23-2/h5-9H,4H2,1-3H3,(H,19,20,21)/b8-5+. The number of ether oxygens (including phenoxy) is 2. The lowest BCUT2D eigenvalue weighted by atomic mass is 10.2. The van der Waals surface area contributed by atoms with Crippen LogP contribution in [0.15, 0.2) is 28.7 Å². The van der Waals surface area contributed by atoms with E-state index in [1.807, 2.05) is 19.1 Å². The van der Waals surface area contributed by atoms with Gasteiger partial charge in [-0.1, -0.05) is 34.2 Å². The third-order valence-corrected chi connectivity index (χ3v) is 4.73. The van der Waals surface area contributed by atoms with Gasteiger partial charge in [-0.05, 0) is 30.7 Å². The Labute approximate surface area is 158 Å². The van der Waals surface area contributed by atoms with Gasteiger partial charge in [0.05, 0.1) is 19.9 Å². The molecule has 1 N–H and O–H groups in total. The Kier molecular flexibility index (Phi) is 6.72. The number of carbonyl (C=O) groups is 2. The van der Waals surface area contributed by atoms with Gasteiger partial charge in [0.25, 0.3) is 0 Å². The molecule has 0 spiro atoms. The second-order valence-electron chi connectivity index (χ2n) is 4.85. The summed E-state index contributed by atoms with van der Waals surface area (Å²) in [6.45, 7) is 1.88. The molecule has 1 amide bonds. The van der Waals surface area contributed by atoms with E-state index in [1.165, 1.54) is 13.2 Å². The van der Waals surface area contributed by atoms with Gasteiger partial charge in [-0.2, -0.15) is 0 Å². The first-order chi connectivity index (χ1) is 12.0. The molecule has 8 heteroatoms. The van der Waals surface area contributed by atoms with Crippen molar-refractivity contribution < 1.29 is 19.1 Å². The van der Waals surface area contributed by atoms with E-state index in [4.69, 9.17) is 9.47 Å². The zero-order valence-electron chi connectivity index (χ0n) is 14.0. The summed E-state index contributed by atoms with van der Waals surface area (Å²) in [6, 6.07) is 5.50. The summed E-state index contributed by atoms with van der Waals surface area (Å²) in [5.74, 6) is -0.151. The molecule has 0 atom stereocenters. The van der Waals surface area contributed by atoms with Gasteiger partial charge in [0.15, 0.2) is 5.13 Å². The minimum absolute atomic E-state index is 0.352. The number of aromatic nitrogens is 1. The van der Waals surface area contributed by atoms with Crippen LogP contribution in [0.1, 0.15) is 27.9 Å². The lowest BCUT2D eigenvalue weighted by Crippen LogP contribution is -2.07. The number of thiazole rings is 1. The lowest BCUT2D eigenvalue weighted by Gasteiger charge is -2.04. The summed E-state index contributed by atoms with van der Waals surface area (Å²) in [6.07, 6.45) is 3.60. The molecule has 0 aliphatic heterocycles. The predicted octanol–water partition coefficient (Wildman–Crippen LogP) is 3.92. The van der Waals surface area contributed by atoms with Crippen LogP contribution in [0, 0.1) is 0 Å². The SMILES string of the molecule is CCc1nc(NC(=O)/C=C/c2cc(Br)ccc2OC)sc1C(=O)OC. The molecule has 0 fully saturated rings. The maximum Gasteiger partial charge on any atom is 0.350 e. The number of rotatable bonds is 6. The number of nitrogens with zero attached hydrogens (tertiary/aromatic N) is 1. The van der Waals surface area contributed by atoms with E-state index < -0.39 is 5.97 Å². The maximum absolute atomic E-state index is 12.1. The summed E-state index contributed by atoms with van der Waals surface area (Å²) >= 11 is 4.48. The van der Waals surface area contributed by atoms with Crippen molar-refractivity contribution >= 4 is 50.4 Å². The van der Waals surface area contributed by atoms with Crippen molar-refractivity contribution in [1.82, 2.24) is 4.98 Å². The molecular formula is C17H17BrN2O4S. The van der Waals surface area contributed by atoms with Gasteiger partial charge in [-0.3, -0.25) is 10.1 Å². The molecule has 25 heavy (non-hydrogen) atoms. The van der Waals surface area contributed by atoms with Crippen LogP contribution < -0.4 is 10.1 Å². The lowest BCUT2D eigenvalue weighted by molar-refractivity contribution is -0.111. The number of amides is 1. The second kappa shape index (κ2) is 8.77. The van der Waals surface area contributed by atoms with Crippen LogP contribution in [-0.2, 0) is 16.0 Å². The van der Waals surface area contributed by atoms with E-state index in [9.17, 15) is 9.59 Å². The number of methoxy groups -OCH3 is 2. The molecule has 0 saturated carbocycles. The van der Waals surface area contributed by atoms with E-state index in [0.717, 1.165) is 21.4 Å². The number of benzene rings is 1. The van der Waals surface area contributed by atoms with Gasteiger partial charge in [-0.25, -0.2) is 9.78 Å². The molecule has 1 aromatic heterocycles. The van der Waals surface area contributed by atoms with Gasteiger partial charge in [0.2, 0.25) is 5.91 Å². The van der Waals surface area contributed by atoms with Crippen LogP contribution in [0.2, 0.25) is 0 Å². The third-order valence-electron chi connectivity index (χ3n) is 3.24.